The summed E-state index contributed by atoms with van der Waals surface area (Å²) in [5.74, 6) is 0.378. The molecule has 0 aromatic rings. The number of ketones is 1. The fourth-order valence-corrected chi connectivity index (χ4v) is 3.39. The van der Waals surface area contributed by atoms with E-state index in [1.54, 1.807) is 0 Å². The topological polar surface area (TPSA) is 60.4 Å². The van der Waals surface area contributed by atoms with E-state index in [0.717, 1.165) is 12.7 Å². The predicted octanol–water partition coefficient (Wildman–Crippen LogP) is 0.966. The third kappa shape index (κ3) is 1.72. The zero-order chi connectivity index (χ0) is 11.4. The lowest BCUT2D eigenvalue weighted by atomic mass is 9.48. The van der Waals surface area contributed by atoms with Crippen LogP contribution in [-0.4, -0.2) is 26.6 Å². The van der Waals surface area contributed by atoms with E-state index in [4.69, 9.17) is 4.18 Å². The van der Waals surface area contributed by atoms with Crippen LogP contribution in [0.15, 0.2) is 0 Å². The molecule has 0 unspecified atom stereocenters. The molecular weight excluding hydrogens is 216 g/mol. The molecule has 2 bridgehead atoms. The average Bonchev–Trinajstić information content (AvgIpc) is 2.05. The lowest BCUT2D eigenvalue weighted by Crippen LogP contribution is -2.58. The van der Waals surface area contributed by atoms with Crippen molar-refractivity contribution in [3.8, 4) is 0 Å². The van der Waals surface area contributed by atoms with Gasteiger partial charge in [-0.1, -0.05) is 13.8 Å². The van der Waals surface area contributed by atoms with E-state index in [0.29, 0.717) is 12.3 Å². The molecule has 0 aliphatic heterocycles. The van der Waals surface area contributed by atoms with Gasteiger partial charge in [0.2, 0.25) is 0 Å². The number of hydrogen-bond acceptors (Lipinski definition) is 4. The summed E-state index contributed by atoms with van der Waals surface area (Å²) in [6.45, 7) is 4.14. The van der Waals surface area contributed by atoms with Gasteiger partial charge in [0.1, 0.15) is 6.10 Å². The molecule has 0 amide bonds. The van der Waals surface area contributed by atoms with Gasteiger partial charge in [0.25, 0.3) is 10.1 Å². The second kappa shape index (κ2) is 3.04. The molecule has 0 N–H and O–H groups in total. The summed E-state index contributed by atoms with van der Waals surface area (Å²) in [5.41, 5.74) is 0.0362. The molecule has 0 aromatic heterocycles. The van der Waals surface area contributed by atoms with E-state index in [1.165, 1.54) is 0 Å². The Hall–Kier alpha value is -0.420. The van der Waals surface area contributed by atoms with Crippen molar-refractivity contribution in [2.75, 3.05) is 6.26 Å². The lowest BCUT2D eigenvalue weighted by Gasteiger charge is -2.56. The van der Waals surface area contributed by atoms with Gasteiger partial charge >= 0.3 is 0 Å². The molecule has 3 aliphatic rings. The second-order valence-electron chi connectivity index (χ2n) is 5.23. The number of carbonyl (C=O) groups is 1. The van der Waals surface area contributed by atoms with Crippen LogP contribution in [0.1, 0.15) is 26.7 Å². The van der Waals surface area contributed by atoms with Crippen LogP contribution in [-0.2, 0) is 19.1 Å². The summed E-state index contributed by atoms with van der Waals surface area (Å²) >= 11 is 0. The van der Waals surface area contributed by atoms with Crippen molar-refractivity contribution in [2.24, 2.45) is 17.3 Å². The predicted molar refractivity (Wildman–Crippen MR) is 54.7 cm³/mol. The van der Waals surface area contributed by atoms with Crippen molar-refractivity contribution >= 4 is 15.9 Å². The van der Waals surface area contributed by atoms with Crippen LogP contribution in [0, 0.1) is 17.3 Å². The van der Waals surface area contributed by atoms with Gasteiger partial charge in [-0.3, -0.25) is 8.98 Å². The zero-order valence-electron chi connectivity index (χ0n) is 9.19. The third-order valence-corrected chi connectivity index (χ3v) is 4.50. The maximum absolute atomic E-state index is 11.9. The van der Waals surface area contributed by atoms with Gasteiger partial charge in [-0.25, -0.2) is 0 Å². The summed E-state index contributed by atoms with van der Waals surface area (Å²) in [6.07, 6.45) is 1.72. The standard InChI is InChI=1S/C10H16O4S/c1-10(2)6-4-7(10)9(11)8(5-6)14-15(3,12)13/h6-8H,4-5H2,1-3H3/t6-,7+,8+/m0/s1. The lowest BCUT2D eigenvalue weighted by molar-refractivity contribution is -0.161. The first-order valence-corrected chi connectivity index (χ1v) is 6.95. The molecule has 4 nitrogen and oxygen atoms in total. The number of hydrogen-bond donors (Lipinski definition) is 0. The molecule has 3 fully saturated rings. The van der Waals surface area contributed by atoms with E-state index in [9.17, 15) is 13.2 Å². The fourth-order valence-electron chi connectivity index (χ4n) is 2.80. The van der Waals surface area contributed by atoms with Crippen molar-refractivity contribution in [1.82, 2.24) is 0 Å². The van der Waals surface area contributed by atoms with Gasteiger partial charge < -0.3 is 0 Å². The highest BCUT2D eigenvalue weighted by Crippen LogP contribution is 2.58. The Bertz CT molecular complexity index is 396. The molecule has 15 heavy (non-hydrogen) atoms. The van der Waals surface area contributed by atoms with E-state index >= 15 is 0 Å². The first-order chi connectivity index (χ1) is 6.72. The molecule has 0 aromatic carbocycles. The number of rotatable bonds is 2. The van der Waals surface area contributed by atoms with Gasteiger partial charge in [0.05, 0.1) is 6.26 Å². The number of fused-ring (bicyclic) bond motifs is 2. The molecule has 3 saturated carbocycles. The monoisotopic (exact) mass is 232 g/mol. The molecular formula is C10H16O4S. The minimum absolute atomic E-state index is 0.0111. The summed E-state index contributed by atoms with van der Waals surface area (Å²) in [7, 11) is -3.52. The van der Waals surface area contributed by atoms with E-state index in [-0.39, 0.29) is 17.1 Å². The smallest absolute Gasteiger partial charge is 0.265 e. The van der Waals surface area contributed by atoms with Crippen LogP contribution in [0.25, 0.3) is 0 Å². The molecule has 0 saturated heterocycles. The van der Waals surface area contributed by atoms with Crippen LogP contribution in [0.4, 0.5) is 0 Å². The van der Waals surface area contributed by atoms with Crippen molar-refractivity contribution in [2.45, 2.75) is 32.8 Å². The molecule has 0 heterocycles. The van der Waals surface area contributed by atoms with Gasteiger partial charge in [-0.2, -0.15) is 8.42 Å². The minimum atomic E-state index is -3.52. The highest BCUT2D eigenvalue weighted by molar-refractivity contribution is 7.86. The Labute approximate surface area is 90.1 Å². The Morgan fingerprint density at radius 1 is 1.33 bits per heavy atom. The maximum atomic E-state index is 11.9. The van der Waals surface area contributed by atoms with E-state index in [2.05, 4.69) is 13.8 Å². The van der Waals surface area contributed by atoms with Crippen molar-refractivity contribution < 1.29 is 17.4 Å². The molecule has 86 valence electrons. The molecule has 3 atom stereocenters. The largest absolute Gasteiger partial charge is 0.296 e. The third-order valence-electron chi connectivity index (χ3n) is 3.92. The van der Waals surface area contributed by atoms with Crippen LogP contribution in [0.5, 0.6) is 0 Å². The first kappa shape index (κ1) is 11.1. The van der Waals surface area contributed by atoms with Crippen LogP contribution in [0.3, 0.4) is 0 Å². The Kier molecular flexibility index (Phi) is 2.25. The van der Waals surface area contributed by atoms with Gasteiger partial charge in [0.15, 0.2) is 5.78 Å². The van der Waals surface area contributed by atoms with Gasteiger partial charge in [-0.05, 0) is 24.2 Å². The van der Waals surface area contributed by atoms with Crippen molar-refractivity contribution in [1.29, 1.82) is 0 Å². The summed E-state index contributed by atoms with van der Waals surface area (Å²) < 4.78 is 26.7. The Balaban J connectivity index is 2.13. The fraction of sp³-hybridized carbons (Fsp3) is 0.900. The molecule has 3 aliphatic carbocycles. The zero-order valence-corrected chi connectivity index (χ0v) is 10.0. The van der Waals surface area contributed by atoms with Crippen molar-refractivity contribution in [3.05, 3.63) is 0 Å². The number of Topliss-reactive ketones (excluding diaryl/α,β-unsaturated/α-hetero) is 1. The van der Waals surface area contributed by atoms with Gasteiger partial charge in [-0.15, -0.1) is 0 Å². The average molecular weight is 232 g/mol. The summed E-state index contributed by atoms with van der Waals surface area (Å²) in [6, 6.07) is 0. The minimum Gasteiger partial charge on any atom is -0.296 e. The van der Waals surface area contributed by atoms with Crippen LogP contribution in [0.2, 0.25) is 0 Å². The van der Waals surface area contributed by atoms with Crippen molar-refractivity contribution in [3.63, 3.8) is 0 Å². The Morgan fingerprint density at radius 2 is 1.93 bits per heavy atom. The van der Waals surface area contributed by atoms with Crippen LogP contribution < -0.4 is 0 Å². The highest BCUT2D eigenvalue weighted by atomic mass is 32.2. The molecule has 5 heteroatoms. The maximum Gasteiger partial charge on any atom is 0.265 e. The molecule has 3 rings (SSSR count). The SMILES string of the molecule is CC1(C)[C@H]2C[C@@H]1C(=O)[C@H](OS(C)(=O)=O)C2. The van der Waals surface area contributed by atoms with Gasteiger partial charge in [0, 0.05) is 5.92 Å². The summed E-state index contributed by atoms with van der Waals surface area (Å²) in [4.78, 5) is 11.9. The molecule has 0 radical (unpaired) electrons. The van der Waals surface area contributed by atoms with E-state index in [1.807, 2.05) is 0 Å². The molecule has 0 spiro atoms. The first-order valence-electron chi connectivity index (χ1n) is 5.14. The van der Waals surface area contributed by atoms with Crippen LogP contribution >= 0.6 is 0 Å². The quantitative estimate of drug-likeness (QED) is 0.665. The highest BCUT2D eigenvalue weighted by Gasteiger charge is 2.58. The van der Waals surface area contributed by atoms with E-state index < -0.39 is 16.2 Å². The normalized spacial score (nSPS) is 38.6. The Morgan fingerprint density at radius 3 is 2.33 bits per heavy atom. The summed E-state index contributed by atoms with van der Waals surface area (Å²) in [5, 5.41) is 0. The second-order valence-corrected chi connectivity index (χ2v) is 6.83. The number of carbonyl (C=O) groups excluding carboxylic acids is 1.